The first-order valence-corrected chi connectivity index (χ1v) is 18.4. The van der Waals surface area contributed by atoms with E-state index in [-0.39, 0.29) is 89.1 Å². The van der Waals surface area contributed by atoms with Crippen molar-refractivity contribution in [3.63, 3.8) is 0 Å². The largest absolute Gasteiger partial charge is 0.504 e. The van der Waals surface area contributed by atoms with Gasteiger partial charge in [-0.3, -0.25) is 19.2 Å². The molecule has 306 valence electrons. The van der Waals surface area contributed by atoms with Crippen LogP contribution in [-0.2, 0) is 23.8 Å². The Morgan fingerprint density at radius 3 is 1.23 bits per heavy atom. The van der Waals surface area contributed by atoms with Crippen molar-refractivity contribution in [1.82, 2.24) is 0 Å². The van der Waals surface area contributed by atoms with E-state index in [0.717, 1.165) is 22.3 Å². The van der Waals surface area contributed by atoms with Crippen LogP contribution in [0.5, 0.6) is 23.0 Å². The van der Waals surface area contributed by atoms with Crippen LogP contribution in [0.25, 0.3) is 0 Å². The number of aromatic hydroxyl groups is 4. The quantitative estimate of drug-likeness (QED) is 0.109. The van der Waals surface area contributed by atoms with Crippen molar-refractivity contribution in [3.8, 4) is 23.0 Å². The fourth-order valence-corrected chi connectivity index (χ4v) is 4.87. The molecule has 0 heterocycles. The third-order valence-corrected chi connectivity index (χ3v) is 8.60. The normalized spacial score (nSPS) is 10.3. The van der Waals surface area contributed by atoms with Gasteiger partial charge in [-0.25, -0.2) is 0 Å². The Morgan fingerprint density at radius 2 is 0.857 bits per heavy atom. The molecule has 0 aliphatic carbocycles. The second kappa shape index (κ2) is 25.2. The van der Waals surface area contributed by atoms with Crippen LogP contribution in [0.3, 0.4) is 0 Å². The van der Waals surface area contributed by atoms with Crippen molar-refractivity contribution in [2.75, 3.05) is 7.11 Å². The third-order valence-electron chi connectivity index (χ3n) is 8.31. The van der Waals surface area contributed by atoms with E-state index < -0.39 is 5.43 Å². The van der Waals surface area contributed by atoms with E-state index in [1.807, 2.05) is 73.6 Å². The summed E-state index contributed by atoms with van der Waals surface area (Å²) in [5, 5.41) is 46.4. The topological polar surface area (TPSA) is 179 Å². The number of hydrogen-bond donors (Lipinski definition) is 5. The van der Waals surface area contributed by atoms with Crippen LogP contribution in [0, 0.1) is 0 Å². The molecule has 56 heavy (non-hydrogen) atoms. The monoisotopic (exact) mass is 794 g/mol. The van der Waals surface area contributed by atoms with Gasteiger partial charge >= 0.3 is 0 Å². The summed E-state index contributed by atoms with van der Waals surface area (Å²) in [4.78, 5) is 45.4. The summed E-state index contributed by atoms with van der Waals surface area (Å²) >= 11 is 5.60. The second-order valence-electron chi connectivity index (χ2n) is 13.9. The Labute approximate surface area is 335 Å². The molecule has 4 rings (SSSR count). The zero-order chi connectivity index (χ0) is 42.0. The summed E-state index contributed by atoms with van der Waals surface area (Å²) in [6, 6.07) is 21.2. The molecule has 0 aromatic heterocycles. The number of ether oxygens (including phenoxy) is 1. The SMILES string of the molecule is C.CC(C)c1ccc(CCl)c(O)c(=O)c1.CC(C)c1ccc(CO)c(O)c(=O)c1.CC(C)c1cccc(O)c(=O)c1.COCc1ccc(C(C)C)cc(=O)c1O. The molecule has 0 saturated carbocycles. The van der Waals surface area contributed by atoms with E-state index in [1.54, 1.807) is 30.3 Å². The van der Waals surface area contributed by atoms with Gasteiger partial charge < -0.3 is 30.3 Å². The van der Waals surface area contributed by atoms with E-state index in [9.17, 15) is 34.5 Å². The van der Waals surface area contributed by atoms with Crippen LogP contribution in [0.4, 0.5) is 0 Å². The zero-order valence-corrected chi connectivity index (χ0v) is 33.8. The molecule has 0 aliphatic rings. The first kappa shape index (κ1) is 51.0. The molecule has 11 heteroatoms. The lowest BCUT2D eigenvalue weighted by Crippen LogP contribution is -1.99. The van der Waals surface area contributed by atoms with Gasteiger partial charge in [0.25, 0.3) is 0 Å². The number of aliphatic hydroxyl groups is 1. The van der Waals surface area contributed by atoms with Gasteiger partial charge in [-0.15, -0.1) is 11.6 Å². The molecule has 0 unspecified atom stereocenters. The number of rotatable bonds is 8. The van der Waals surface area contributed by atoms with Crippen molar-refractivity contribution in [2.45, 2.75) is 106 Å². The van der Waals surface area contributed by atoms with Crippen LogP contribution >= 0.6 is 11.6 Å². The van der Waals surface area contributed by atoms with Gasteiger partial charge in [0.2, 0.25) is 21.7 Å². The van der Waals surface area contributed by atoms with Gasteiger partial charge in [-0.2, -0.15) is 0 Å². The van der Waals surface area contributed by atoms with Crippen molar-refractivity contribution in [2.24, 2.45) is 0 Å². The summed E-state index contributed by atoms with van der Waals surface area (Å²) < 4.78 is 4.91. The molecule has 0 saturated heterocycles. The molecule has 5 N–H and O–H groups in total. The Kier molecular flexibility index (Phi) is 22.9. The number of halogens is 1. The Bertz CT molecular complexity index is 2020. The van der Waals surface area contributed by atoms with E-state index in [1.165, 1.54) is 37.4 Å². The number of aliphatic hydroxyl groups excluding tert-OH is 1. The molecule has 0 aliphatic heterocycles. The van der Waals surface area contributed by atoms with E-state index in [4.69, 9.17) is 26.6 Å². The smallest absolute Gasteiger partial charge is 0.220 e. The van der Waals surface area contributed by atoms with Crippen LogP contribution in [-0.4, -0.2) is 32.6 Å². The molecule has 4 aromatic carbocycles. The zero-order valence-electron chi connectivity index (χ0n) is 33.1. The summed E-state index contributed by atoms with van der Waals surface area (Å²) in [7, 11) is 1.53. The Hall–Kier alpha value is -5.03. The lowest BCUT2D eigenvalue weighted by atomic mass is 10.1. The first-order valence-electron chi connectivity index (χ1n) is 17.9. The maximum Gasteiger partial charge on any atom is 0.220 e. The molecule has 0 fully saturated rings. The number of methoxy groups -OCH3 is 1. The lowest BCUT2D eigenvalue weighted by molar-refractivity contribution is 0.182. The van der Waals surface area contributed by atoms with Crippen molar-refractivity contribution < 1.29 is 30.3 Å². The minimum atomic E-state index is -0.442. The second-order valence-corrected chi connectivity index (χ2v) is 14.2. The van der Waals surface area contributed by atoms with Crippen LogP contribution in [0.2, 0.25) is 0 Å². The molecule has 10 nitrogen and oxygen atoms in total. The molecule has 0 bridgehead atoms. The molecule has 0 radical (unpaired) electrons. The number of alkyl halides is 1. The standard InChI is InChI=1S/C12H16O3.C11H13ClO2.C11H14O3.C10H12O2.CH4/c1-8(2)9-4-5-10(7-15-3)12(14)11(13)6-9;2*1-7(2)8-3-4-9(6-12)11(14)10(13)5-8;1-7(2)8-4-3-5-9(11)10(12)6-8;/h4-6,8H,7H2,1-3H3,(H,13,14);3-5,7H,6H2,1-2H3,(H,13,14);3-5,7,12H,6H2,1-2H3,(H,13,14);3-7H,1-2H3,(H,11,12);1H4. The highest BCUT2D eigenvalue weighted by Gasteiger charge is 2.08. The maximum absolute atomic E-state index is 11.5. The van der Waals surface area contributed by atoms with Gasteiger partial charge in [-0.1, -0.05) is 111 Å². The molecule has 4 aromatic rings. The average molecular weight is 795 g/mol. The van der Waals surface area contributed by atoms with Crippen LogP contribution in [0.15, 0.2) is 98.0 Å². The molecule has 0 atom stereocenters. The summed E-state index contributed by atoms with van der Waals surface area (Å²) in [6.07, 6.45) is 0. The van der Waals surface area contributed by atoms with Crippen molar-refractivity contribution in [3.05, 3.63) is 159 Å². The Morgan fingerprint density at radius 1 is 0.518 bits per heavy atom. The first-order chi connectivity index (χ1) is 25.8. The number of hydrogen-bond acceptors (Lipinski definition) is 10. The lowest BCUT2D eigenvalue weighted by Gasteiger charge is -1.99. The fourth-order valence-electron chi connectivity index (χ4n) is 4.66. The van der Waals surface area contributed by atoms with Crippen molar-refractivity contribution >= 4 is 11.6 Å². The van der Waals surface area contributed by atoms with E-state index >= 15 is 0 Å². The van der Waals surface area contributed by atoms with E-state index in [0.29, 0.717) is 17.0 Å². The predicted molar refractivity (Wildman–Crippen MR) is 227 cm³/mol. The van der Waals surface area contributed by atoms with Gasteiger partial charge in [0.15, 0.2) is 23.0 Å². The fraction of sp³-hybridized carbons (Fsp3) is 0.378. The van der Waals surface area contributed by atoms with E-state index in [2.05, 4.69) is 0 Å². The minimum absolute atomic E-state index is 0. The van der Waals surface area contributed by atoms with Crippen LogP contribution < -0.4 is 21.7 Å². The Balaban J connectivity index is 0.000000718. The maximum atomic E-state index is 11.5. The van der Waals surface area contributed by atoms with Crippen molar-refractivity contribution in [1.29, 1.82) is 0 Å². The minimum Gasteiger partial charge on any atom is -0.504 e. The molecular formula is C45H59ClO10. The molecule has 0 spiro atoms. The van der Waals surface area contributed by atoms with Gasteiger partial charge in [-0.05, 0) is 76.3 Å². The molecular weight excluding hydrogens is 736 g/mol. The van der Waals surface area contributed by atoms with Gasteiger partial charge in [0.05, 0.1) is 19.1 Å². The highest BCUT2D eigenvalue weighted by Crippen LogP contribution is 2.19. The van der Waals surface area contributed by atoms with Gasteiger partial charge in [0.1, 0.15) is 0 Å². The summed E-state index contributed by atoms with van der Waals surface area (Å²) in [5.41, 5.74) is 3.40. The highest BCUT2D eigenvalue weighted by atomic mass is 35.5. The third kappa shape index (κ3) is 16.4. The highest BCUT2D eigenvalue weighted by molar-refractivity contribution is 6.17. The average Bonchev–Trinajstić information content (AvgIpc) is 3.53. The van der Waals surface area contributed by atoms with Crippen LogP contribution in [0.1, 0.15) is 125 Å². The predicted octanol–water partition coefficient (Wildman–Crippen LogP) is 8.52. The summed E-state index contributed by atoms with van der Waals surface area (Å²) in [6.45, 7) is 15.8. The molecule has 0 amide bonds. The summed E-state index contributed by atoms with van der Waals surface area (Å²) in [5.74, 6) is 0.188. The van der Waals surface area contributed by atoms with Gasteiger partial charge in [0, 0.05) is 23.8 Å².